The van der Waals surface area contributed by atoms with Gasteiger partial charge in [-0.2, -0.15) is 13.2 Å². The van der Waals surface area contributed by atoms with Gasteiger partial charge in [-0.25, -0.2) is 14.4 Å². The van der Waals surface area contributed by atoms with Crippen molar-refractivity contribution in [2.45, 2.75) is 19.1 Å². The topological polar surface area (TPSA) is 63.1 Å². The largest absolute Gasteiger partial charge is 0.433 e. The quantitative estimate of drug-likeness (QED) is 0.413. The van der Waals surface area contributed by atoms with E-state index in [1.54, 1.807) is 35.0 Å². The van der Waals surface area contributed by atoms with E-state index in [4.69, 9.17) is 0 Å². The van der Waals surface area contributed by atoms with Crippen molar-refractivity contribution in [3.05, 3.63) is 83.6 Å². The molecule has 5 rings (SSSR count). The number of carbonyl (C=O) groups is 1. The Hall–Kier alpha value is -3.95. The number of halogens is 4. The zero-order valence-corrected chi connectivity index (χ0v) is 17.8. The van der Waals surface area contributed by atoms with Crippen LogP contribution >= 0.6 is 0 Å². The van der Waals surface area contributed by atoms with Crippen LogP contribution in [0.3, 0.4) is 0 Å². The van der Waals surface area contributed by atoms with Crippen LogP contribution < -0.4 is 10.2 Å². The molecule has 0 atom stereocenters. The van der Waals surface area contributed by atoms with Gasteiger partial charge in [-0.3, -0.25) is 4.79 Å². The molecule has 1 fully saturated rings. The summed E-state index contributed by atoms with van der Waals surface area (Å²) in [5.74, 6) is -0.115. The lowest BCUT2D eigenvalue weighted by molar-refractivity contribution is -0.140. The van der Waals surface area contributed by atoms with Crippen molar-refractivity contribution < 1.29 is 22.4 Å². The summed E-state index contributed by atoms with van der Waals surface area (Å²) in [5, 5.41) is 2.75. The summed E-state index contributed by atoms with van der Waals surface area (Å²) >= 11 is 0. The predicted octanol–water partition coefficient (Wildman–Crippen LogP) is 5.10. The second kappa shape index (κ2) is 8.44. The summed E-state index contributed by atoms with van der Waals surface area (Å²) < 4.78 is 54.4. The first-order valence-electron chi connectivity index (χ1n) is 10.6. The fraction of sp³-hybridized carbons (Fsp3) is 0.208. The fourth-order valence-electron chi connectivity index (χ4n) is 3.82. The summed E-state index contributed by atoms with van der Waals surface area (Å²) in [4.78, 5) is 23.3. The number of benzene rings is 1. The molecule has 34 heavy (non-hydrogen) atoms. The highest BCUT2D eigenvalue weighted by molar-refractivity contribution is 6.06. The van der Waals surface area contributed by atoms with E-state index in [9.17, 15) is 22.4 Å². The van der Waals surface area contributed by atoms with Crippen LogP contribution in [0.1, 0.15) is 28.2 Å². The van der Waals surface area contributed by atoms with Gasteiger partial charge in [0.25, 0.3) is 5.91 Å². The molecule has 10 heteroatoms. The van der Waals surface area contributed by atoms with Crippen molar-refractivity contribution >= 4 is 28.4 Å². The number of fused-ring (bicyclic) bond motifs is 1. The zero-order chi connectivity index (χ0) is 23.9. The van der Waals surface area contributed by atoms with Gasteiger partial charge in [-0.05, 0) is 54.4 Å². The zero-order valence-electron chi connectivity index (χ0n) is 17.8. The Morgan fingerprint density at radius 1 is 1.03 bits per heavy atom. The third kappa shape index (κ3) is 4.30. The summed E-state index contributed by atoms with van der Waals surface area (Å²) in [5.41, 5.74) is 0.599. The van der Waals surface area contributed by atoms with E-state index in [2.05, 4.69) is 20.2 Å². The van der Waals surface area contributed by atoms with Crippen LogP contribution in [0.4, 0.5) is 29.1 Å². The lowest BCUT2D eigenvalue weighted by Gasteiger charge is -2.31. The Balaban J connectivity index is 1.49. The molecule has 0 aliphatic carbocycles. The van der Waals surface area contributed by atoms with E-state index in [0.717, 1.165) is 31.4 Å². The van der Waals surface area contributed by atoms with Crippen LogP contribution in [0.2, 0.25) is 0 Å². The molecule has 0 radical (unpaired) electrons. The van der Waals surface area contributed by atoms with E-state index < -0.39 is 23.6 Å². The molecule has 0 spiro atoms. The Bertz CT molecular complexity index is 1340. The molecule has 1 amide bonds. The number of anilines is 2. The molecule has 0 unspecified atom stereocenters. The molecule has 0 saturated carbocycles. The maximum Gasteiger partial charge on any atom is 0.433 e. The van der Waals surface area contributed by atoms with E-state index >= 15 is 0 Å². The number of nitrogens with one attached hydrogen (secondary N) is 1. The summed E-state index contributed by atoms with van der Waals surface area (Å²) in [7, 11) is 0. The predicted molar refractivity (Wildman–Crippen MR) is 119 cm³/mol. The Labute approximate surface area is 191 Å². The van der Waals surface area contributed by atoms with Crippen molar-refractivity contribution in [1.29, 1.82) is 0 Å². The molecule has 4 aromatic rings. The first-order chi connectivity index (χ1) is 16.3. The second-order valence-corrected chi connectivity index (χ2v) is 8.04. The molecule has 6 nitrogen and oxygen atoms in total. The number of rotatable bonds is 5. The van der Waals surface area contributed by atoms with Gasteiger partial charge in [0.05, 0.1) is 22.9 Å². The Morgan fingerprint density at radius 3 is 2.41 bits per heavy atom. The molecule has 1 N–H and O–H groups in total. The van der Waals surface area contributed by atoms with Crippen molar-refractivity contribution in [3.8, 4) is 0 Å². The molecule has 3 aromatic heterocycles. The number of nitrogens with zero attached hydrogens (tertiary/aromatic N) is 4. The third-order valence-electron chi connectivity index (χ3n) is 5.72. The van der Waals surface area contributed by atoms with Gasteiger partial charge >= 0.3 is 6.18 Å². The van der Waals surface area contributed by atoms with Crippen molar-refractivity contribution in [1.82, 2.24) is 14.5 Å². The van der Waals surface area contributed by atoms with E-state index in [1.807, 2.05) is 0 Å². The number of hydrogen-bond donors (Lipinski definition) is 1. The van der Waals surface area contributed by atoms with E-state index in [1.165, 1.54) is 24.3 Å². The van der Waals surface area contributed by atoms with Gasteiger partial charge in [0.15, 0.2) is 0 Å². The first kappa shape index (κ1) is 21.9. The molecular weight excluding hydrogens is 450 g/mol. The average Bonchev–Trinajstić information content (AvgIpc) is 3.13. The third-order valence-corrected chi connectivity index (χ3v) is 5.72. The van der Waals surface area contributed by atoms with Crippen LogP contribution in [0.5, 0.6) is 0 Å². The number of hydrogen-bond acceptors (Lipinski definition) is 4. The maximum absolute atomic E-state index is 13.3. The average molecular weight is 469 g/mol. The molecule has 174 valence electrons. The molecule has 1 aliphatic rings. The Morgan fingerprint density at radius 2 is 1.79 bits per heavy atom. The first-order valence-corrected chi connectivity index (χ1v) is 10.6. The van der Waals surface area contributed by atoms with Gasteiger partial charge in [0.2, 0.25) is 0 Å². The number of pyridine rings is 2. The molecule has 1 saturated heterocycles. The summed E-state index contributed by atoms with van der Waals surface area (Å²) in [6, 6.07) is 12.7. The van der Waals surface area contributed by atoms with Gasteiger partial charge in [-0.1, -0.05) is 12.1 Å². The van der Waals surface area contributed by atoms with Crippen LogP contribution in [-0.2, 0) is 12.7 Å². The van der Waals surface area contributed by atoms with Crippen LogP contribution in [0.25, 0.3) is 11.0 Å². The molecule has 1 aliphatic heterocycles. The molecular formula is C24H19F4N5O. The summed E-state index contributed by atoms with van der Waals surface area (Å²) in [6.45, 7) is 2.02. The molecule has 4 heterocycles. The number of amides is 1. The SMILES string of the molecule is O=C(Nc1ccc(N2CCC2)nc1)c1cc2nc(C(F)(F)F)ccc2n1Cc1ccc(F)cc1. The highest BCUT2D eigenvalue weighted by Crippen LogP contribution is 2.30. The second-order valence-electron chi connectivity index (χ2n) is 8.04. The molecule has 0 bridgehead atoms. The monoisotopic (exact) mass is 469 g/mol. The highest BCUT2D eigenvalue weighted by atomic mass is 19.4. The van der Waals surface area contributed by atoms with Gasteiger partial charge < -0.3 is 14.8 Å². The van der Waals surface area contributed by atoms with Gasteiger partial charge in [0.1, 0.15) is 23.0 Å². The minimum atomic E-state index is -4.61. The smallest absolute Gasteiger partial charge is 0.356 e. The number of carbonyl (C=O) groups excluding carboxylic acids is 1. The lowest BCUT2D eigenvalue weighted by Crippen LogP contribution is -2.37. The fourth-order valence-corrected chi connectivity index (χ4v) is 3.82. The highest BCUT2D eigenvalue weighted by Gasteiger charge is 2.33. The summed E-state index contributed by atoms with van der Waals surface area (Å²) in [6.07, 6.45) is -1.96. The van der Waals surface area contributed by atoms with Crippen molar-refractivity contribution in [2.24, 2.45) is 0 Å². The number of aromatic nitrogens is 3. The minimum absolute atomic E-state index is 0.0355. The van der Waals surface area contributed by atoms with E-state index in [-0.39, 0.29) is 17.8 Å². The van der Waals surface area contributed by atoms with Gasteiger partial charge in [-0.15, -0.1) is 0 Å². The van der Waals surface area contributed by atoms with Gasteiger partial charge in [0, 0.05) is 19.6 Å². The minimum Gasteiger partial charge on any atom is -0.356 e. The van der Waals surface area contributed by atoms with Crippen LogP contribution in [-0.4, -0.2) is 33.5 Å². The van der Waals surface area contributed by atoms with E-state index in [0.29, 0.717) is 16.8 Å². The lowest BCUT2D eigenvalue weighted by atomic mass is 10.2. The van der Waals surface area contributed by atoms with Crippen LogP contribution in [0, 0.1) is 5.82 Å². The normalized spacial score (nSPS) is 13.7. The Kier molecular flexibility index (Phi) is 5.43. The molecule has 1 aromatic carbocycles. The number of alkyl halides is 3. The van der Waals surface area contributed by atoms with Crippen molar-refractivity contribution in [2.75, 3.05) is 23.3 Å². The van der Waals surface area contributed by atoms with Crippen molar-refractivity contribution in [3.63, 3.8) is 0 Å². The maximum atomic E-state index is 13.3. The standard InChI is InChI=1S/C24H19F4N5O/c25-16-4-2-15(3-5-16)14-33-19-7-8-21(24(26,27)28)31-18(19)12-20(33)23(34)30-17-6-9-22(29-13-17)32-10-1-11-32/h2-9,12-13H,1,10-11,14H2,(H,30,34). The van der Waals surface area contributed by atoms with Crippen LogP contribution in [0.15, 0.2) is 60.8 Å².